The number of carbonyl (C=O) groups is 2. The number of nitro groups is 1. The van der Waals surface area contributed by atoms with Crippen molar-refractivity contribution in [3.63, 3.8) is 0 Å². The number of nitrogens with zero attached hydrogens (tertiary/aromatic N) is 1. The van der Waals surface area contributed by atoms with Gasteiger partial charge in [-0.25, -0.2) is 4.79 Å². The Morgan fingerprint density at radius 1 is 1.12 bits per heavy atom. The van der Waals surface area contributed by atoms with Crippen molar-refractivity contribution in [2.24, 2.45) is 0 Å². The van der Waals surface area contributed by atoms with Crippen LogP contribution in [0.4, 0.5) is 5.69 Å². The molecule has 0 saturated carbocycles. The summed E-state index contributed by atoms with van der Waals surface area (Å²) in [5, 5.41) is 10.6. The molecule has 2 rings (SSSR count). The normalized spacial score (nSPS) is 10.6. The molecule has 0 saturated heterocycles. The average Bonchev–Trinajstić information content (AvgIpc) is 2.60. The molecule has 0 aliphatic heterocycles. The number of non-ortho nitro benzene ring substituents is 1. The molecule has 0 bridgehead atoms. The van der Waals surface area contributed by atoms with E-state index < -0.39 is 10.9 Å². The fourth-order valence-electron chi connectivity index (χ4n) is 2.17. The van der Waals surface area contributed by atoms with Crippen LogP contribution in [0.5, 0.6) is 0 Å². The molecule has 0 fully saturated rings. The van der Waals surface area contributed by atoms with Gasteiger partial charge in [0.1, 0.15) is 0 Å². The van der Waals surface area contributed by atoms with Crippen LogP contribution in [0.15, 0.2) is 48.5 Å². The van der Waals surface area contributed by atoms with Gasteiger partial charge >= 0.3 is 5.97 Å². The third kappa shape index (κ3) is 5.10. The number of carbonyl (C=O) groups excluding carboxylic acids is 2. The minimum atomic E-state index is -0.656. The van der Waals surface area contributed by atoms with E-state index in [1.165, 1.54) is 36.4 Å². The molecule has 0 amide bonds. The minimum absolute atomic E-state index is 0.0288. The lowest BCUT2D eigenvalue weighted by Crippen LogP contribution is -2.13. The molecule has 0 aliphatic rings. The van der Waals surface area contributed by atoms with E-state index in [-0.39, 0.29) is 18.1 Å². The number of nitro benzene ring substituents is 1. The van der Waals surface area contributed by atoms with E-state index in [2.05, 4.69) is 0 Å². The van der Waals surface area contributed by atoms with Gasteiger partial charge in [-0.1, -0.05) is 17.7 Å². The van der Waals surface area contributed by atoms with Crippen molar-refractivity contribution in [2.75, 3.05) is 6.61 Å². The van der Waals surface area contributed by atoms with E-state index in [0.717, 1.165) is 11.1 Å². The standard InChI is InChI=1S/C19H17NO5/c1-13-3-4-14(2)17(11-13)18(21)12-25-19(22)10-7-15-5-8-16(9-6-15)20(23)24/h3-11H,12H2,1-2H3/b10-7+. The van der Waals surface area contributed by atoms with Crippen LogP contribution in [0.25, 0.3) is 6.08 Å². The quantitative estimate of drug-likeness (QED) is 0.264. The van der Waals surface area contributed by atoms with Gasteiger partial charge in [-0.3, -0.25) is 14.9 Å². The molecule has 25 heavy (non-hydrogen) atoms. The number of rotatable bonds is 6. The summed E-state index contributed by atoms with van der Waals surface area (Å²) in [5.41, 5.74) is 2.90. The fourth-order valence-corrected chi connectivity index (χ4v) is 2.17. The van der Waals surface area contributed by atoms with Gasteiger partial charge in [-0.2, -0.15) is 0 Å². The second-order valence-electron chi connectivity index (χ2n) is 5.53. The Hall–Kier alpha value is -3.28. The highest BCUT2D eigenvalue weighted by Crippen LogP contribution is 2.13. The van der Waals surface area contributed by atoms with E-state index in [1.54, 1.807) is 6.07 Å². The van der Waals surface area contributed by atoms with Crippen LogP contribution in [0.2, 0.25) is 0 Å². The molecule has 0 spiro atoms. The zero-order valence-electron chi connectivity index (χ0n) is 13.9. The molecular formula is C19H17NO5. The highest BCUT2D eigenvalue weighted by molar-refractivity contribution is 6.00. The zero-order chi connectivity index (χ0) is 18.4. The first-order chi connectivity index (χ1) is 11.9. The molecule has 6 nitrogen and oxygen atoms in total. The van der Waals surface area contributed by atoms with Crippen LogP contribution >= 0.6 is 0 Å². The van der Waals surface area contributed by atoms with Crippen molar-refractivity contribution in [1.82, 2.24) is 0 Å². The van der Waals surface area contributed by atoms with Crippen LogP contribution < -0.4 is 0 Å². The van der Waals surface area contributed by atoms with Gasteiger partial charge in [0, 0.05) is 23.8 Å². The smallest absolute Gasteiger partial charge is 0.331 e. The maximum absolute atomic E-state index is 12.1. The molecule has 6 heteroatoms. The SMILES string of the molecule is Cc1ccc(C)c(C(=O)COC(=O)/C=C/c2ccc([N+](=O)[O-])cc2)c1. The third-order valence-electron chi connectivity index (χ3n) is 3.55. The summed E-state index contributed by atoms with van der Waals surface area (Å²) in [7, 11) is 0. The maximum Gasteiger partial charge on any atom is 0.331 e. The number of ether oxygens (including phenoxy) is 1. The molecule has 0 heterocycles. The van der Waals surface area contributed by atoms with E-state index >= 15 is 0 Å². The van der Waals surface area contributed by atoms with Crippen LogP contribution in [0.1, 0.15) is 27.0 Å². The van der Waals surface area contributed by atoms with Gasteiger partial charge in [-0.05, 0) is 49.2 Å². The van der Waals surface area contributed by atoms with Crippen LogP contribution in [0, 0.1) is 24.0 Å². The van der Waals surface area contributed by atoms with E-state index in [4.69, 9.17) is 4.74 Å². The lowest BCUT2D eigenvalue weighted by atomic mass is 10.0. The van der Waals surface area contributed by atoms with Crippen LogP contribution in [-0.4, -0.2) is 23.3 Å². The number of esters is 1. The highest BCUT2D eigenvalue weighted by Gasteiger charge is 2.11. The summed E-state index contributed by atoms with van der Waals surface area (Å²) in [6.07, 6.45) is 2.64. The van der Waals surface area contributed by atoms with Crippen molar-refractivity contribution < 1.29 is 19.2 Å². The van der Waals surface area contributed by atoms with Gasteiger partial charge in [-0.15, -0.1) is 0 Å². The summed E-state index contributed by atoms with van der Waals surface area (Å²) < 4.78 is 4.95. The Bertz CT molecular complexity index is 837. The second-order valence-corrected chi connectivity index (χ2v) is 5.53. The number of hydrogen-bond acceptors (Lipinski definition) is 5. The van der Waals surface area contributed by atoms with Crippen molar-refractivity contribution in [1.29, 1.82) is 0 Å². The fraction of sp³-hybridized carbons (Fsp3) is 0.158. The van der Waals surface area contributed by atoms with Crippen molar-refractivity contribution in [2.45, 2.75) is 13.8 Å². The Kier molecular flexibility index (Phi) is 5.79. The van der Waals surface area contributed by atoms with Crippen LogP contribution in [-0.2, 0) is 9.53 Å². The number of hydrogen-bond donors (Lipinski definition) is 0. The molecule has 0 atom stereocenters. The Labute approximate surface area is 144 Å². The monoisotopic (exact) mass is 339 g/mol. The summed E-state index contributed by atoms with van der Waals surface area (Å²) in [6, 6.07) is 11.2. The predicted molar refractivity (Wildman–Crippen MR) is 93.3 cm³/mol. The van der Waals surface area contributed by atoms with Gasteiger partial charge in [0.05, 0.1) is 4.92 Å². The number of ketones is 1. The number of aryl methyl sites for hydroxylation is 2. The Balaban J connectivity index is 1.92. The summed E-state index contributed by atoms with van der Waals surface area (Å²) >= 11 is 0. The molecular weight excluding hydrogens is 322 g/mol. The molecule has 0 radical (unpaired) electrons. The van der Waals surface area contributed by atoms with Gasteiger partial charge in [0.25, 0.3) is 5.69 Å². The molecule has 2 aromatic carbocycles. The van der Waals surface area contributed by atoms with Crippen molar-refractivity contribution in [3.8, 4) is 0 Å². The molecule has 0 aromatic heterocycles. The maximum atomic E-state index is 12.1. The largest absolute Gasteiger partial charge is 0.454 e. The summed E-state index contributed by atoms with van der Waals surface area (Å²) in [4.78, 5) is 33.9. The molecule has 2 aromatic rings. The number of benzene rings is 2. The Morgan fingerprint density at radius 3 is 2.44 bits per heavy atom. The highest BCUT2D eigenvalue weighted by atomic mass is 16.6. The molecule has 128 valence electrons. The van der Waals surface area contributed by atoms with Gasteiger partial charge < -0.3 is 4.74 Å². The lowest BCUT2D eigenvalue weighted by molar-refractivity contribution is -0.384. The first-order valence-electron chi connectivity index (χ1n) is 7.56. The Morgan fingerprint density at radius 2 is 1.80 bits per heavy atom. The van der Waals surface area contributed by atoms with E-state index in [9.17, 15) is 19.7 Å². The van der Waals surface area contributed by atoms with E-state index in [1.807, 2.05) is 26.0 Å². The van der Waals surface area contributed by atoms with Gasteiger partial charge in [0.15, 0.2) is 6.61 Å². The first kappa shape index (κ1) is 18.1. The zero-order valence-corrected chi connectivity index (χ0v) is 13.9. The predicted octanol–water partition coefficient (Wildman–Crippen LogP) is 3.65. The lowest BCUT2D eigenvalue weighted by Gasteiger charge is -2.06. The van der Waals surface area contributed by atoms with Gasteiger partial charge in [0.2, 0.25) is 5.78 Å². The molecule has 0 N–H and O–H groups in total. The molecule has 0 aliphatic carbocycles. The summed E-state index contributed by atoms with van der Waals surface area (Å²) in [6.45, 7) is 3.37. The topological polar surface area (TPSA) is 86.5 Å². The first-order valence-corrected chi connectivity index (χ1v) is 7.56. The van der Waals surface area contributed by atoms with Crippen LogP contribution in [0.3, 0.4) is 0 Å². The van der Waals surface area contributed by atoms with Crippen molar-refractivity contribution >= 4 is 23.5 Å². The summed E-state index contributed by atoms with van der Waals surface area (Å²) in [5.74, 6) is -0.921. The average molecular weight is 339 g/mol. The van der Waals surface area contributed by atoms with Crippen molar-refractivity contribution in [3.05, 3.63) is 80.9 Å². The van der Waals surface area contributed by atoms with E-state index in [0.29, 0.717) is 11.1 Å². The second kappa shape index (κ2) is 8.01. The third-order valence-corrected chi connectivity index (χ3v) is 3.55. The number of Topliss-reactive ketones (excluding diaryl/α,β-unsaturated/α-hetero) is 1. The minimum Gasteiger partial charge on any atom is -0.454 e. The molecule has 0 unspecified atom stereocenters.